The minimum atomic E-state index is -0.322. The number of H-pyrrole nitrogens is 1. The number of carbonyl (C=O) groups excluding carboxylic acids is 1. The van der Waals surface area contributed by atoms with Crippen molar-refractivity contribution in [3.8, 4) is 22.8 Å². The second kappa shape index (κ2) is 8.78. The number of nitrogens with two attached hydrogens (primary N) is 1. The first-order chi connectivity index (χ1) is 14.9. The molecule has 0 aliphatic rings. The molecule has 0 bridgehead atoms. The van der Waals surface area contributed by atoms with Crippen LogP contribution in [0.15, 0.2) is 53.7 Å². The normalized spacial score (nSPS) is 10.9. The monoisotopic (exact) mass is 457 g/mol. The number of nitrogen functional groups attached to an aromatic ring is 1. The molecule has 2 heterocycles. The third kappa shape index (κ3) is 4.70. The molecule has 11 heteroatoms. The zero-order chi connectivity index (χ0) is 22.0. The molecule has 2 aromatic heterocycles. The first-order valence-corrected chi connectivity index (χ1v) is 10.5. The molecule has 0 unspecified atom stereocenters. The standard InChI is InChI=1S/C20H17ClFN7OS/c1-11-2-5-13(21)8-15(11)24-18(30)10-31-20-28-27-19(29(20)23)17-9-16(25-26-17)12-3-6-14(22)7-4-12/h2-9H,10,23H2,1H3,(H,24,30)(H,25,26). The van der Waals surface area contributed by atoms with Crippen LogP contribution in [0.5, 0.6) is 0 Å². The van der Waals surface area contributed by atoms with E-state index >= 15 is 0 Å². The van der Waals surface area contributed by atoms with Gasteiger partial charge in [-0.2, -0.15) is 5.10 Å². The molecule has 0 saturated carbocycles. The van der Waals surface area contributed by atoms with E-state index in [1.165, 1.54) is 16.8 Å². The van der Waals surface area contributed by atoms with Gasteiger partial charge in [0.25, 0.3) is 0 Å². The molecule has 31 heavy (non-hydrogen) atoms. The quantitative estimate of drug-likeness (QED) is 0.299. The Labute approximate surface area is 186 Å². The molecule has 1 amide bonds. The number of carbonyl (C=O) groups is 1. The van der Waals surface area contributed by atoms with Crippen LogP contribution in [-0.4, -0.2) is 36.7 Å². The first-order valence-electron chi connectivity index (χ1n) is 9.12. The van der Waals surface area contributed by atoms with Gasteiger partial charge in [-0.1, -0.05) is 29.4 Å². The zero-order valence-corrected chi connectivity index (χ0v) is 17.8. The molecule has 4 N–H and O–H groups in total. The van der Waals surface area contributed by atoms with E-state index in [0.29, 0.717) is 33.1 Å². The molecule has 158 valence electrons. The van der Waals surface area contributed by atoms with Crippen LogP contribution in [0.1, 0.15) is 5.56 Å². The van der Waals surface area contributed by atoms with Gasteiger partial charge in [-0.15, -0.1) is 10.2 Å². The Kier molecular flexibility index (Phi) is 5.92. The number of amides is 1. The van der Waals surface area contributed by atoms with E-state index in [0.717, 1.165) is 22.9 Å². The Balaban J connectivity index is 1.43. The van der Waals surface area contributed by atoms with Crippen LogP contribution in [0.3, 0.4) is 0 Å². The lowest BCUT2D eigenvalue weighted by Gasteiger charge is -2.08. The van der Waals surface area contributed by atoms with Gasteiger partial charge in [-0.25, -0.2) is 9.07 Å². The van der Waals surface area contributed by atoms with Gasteiger partial charge in [0.1, 0.15) is 11.5 Å². The fourth-order valence-corrected chi connectivity index (χ4v) is 3.64. The molecule has 4 rings (SSSR count). The highest BCUT2D eigenvalue weighted by Crippen LogP contribution is 2.25. The van der Waals surface area contributed by atoms with E-state index in [2.05, 4.69) is 25.7 Å². The van der Waals surface area contributed by atoms with Crippen LogP contribution < -0.4 is 11.2 Å². The second-order valence-electron chi connectivity index (χ2n) is 6.65. The van der Waals surface area contributed by atoms with Gasteiger partial charge in [-0.3, -0.25) is 9.89 Å². The van der Waals surface area contributed by atoms with Gasteiger partial charge in [0, 0.05) is 16.3 Å². The molecule has 0 fully saturated rings. The van der Waals surface area contributed by atoms with E-state index in [1.807, 2.05) is 13.0 Å². The summed E-state index contributed by atoms with van der Waals surface area (Å²) in [5.74, 6) is 6.01. The van der Waals surface area contributed by atoms with Crippen molar-refractivity contribution in [1.82, 2.24) is 25.1 Å². The fourth-order valence-electron chi connectivity index (χ4n) is 2.81. The summed E-state index contributed by atoms with van der Waals surface area (Å²) >= 11 is 7.13. The lowest BCUT2D eigenvalue weighted by molar-refractivity contribution is -0.113. The minimum absolute atomic E-state index is 0.0884. The molecular formula is C20H17ClFN7OS. The van der Waals surface area contributed by atoms with E-state index in [9.17, 15) is 9.18 Å². The number of aromatic nitrogens is 5. The lowest BCUT2D eigenvalue weighted by Crippen LogP contribution is -2.17. The van der Waals surface area contributed by atoms with Crippen LogP contribution in [0, 0.1) is 12.7 Å². The highest BCUT2D eigenvalue weighted by Gasteiger charge is 2.16. The summed E-state index contributed by atoms with van der Waals surface area (Å²) in [5, 5.41) is 18.9. The number of aromatic amines is 1. The van der Waals surface area contributed by atoms with Gasteiger partial charge < -0.3 is 11.2 Å². The summed E-state index contributed by atoms with van der Waals surface area (Å²) in [5.41, 5.74) is 3.46. The van der Waals surface area contributed by atoms with Crippen molar-refractivity contribution in [2.24, 2.45) is 0 Å². The predicted molar refractivity (Wildman–Crippen MR) is 119 cm³/mol. The number of thioether (sulfide) groups is 1. The molecule has 0 radical (unpaired) electrons. The summed E-state index contributed by atoms with van der Waals surface area (Å²) in [6.45, 7) is 1.88. The summed E-state index contributed by atoms with van der Waals surface area (Å²) in [4.78, 5) is 12.3. The summed E-state index contributed by atoms with van der Waals surface area (Å²) < 4.78 is 14.4. The maximum Gasteiger partial charge on any atom is 0.234 e. The van der Waals surface area contributed by atoms with Gasteiger partial charge in [0.2, 0.25) is 16.9 Å². The summed E-state index contributed by atoms with van der Waals surface area (Å²) in [6.07, 6.45) is 0. The molecule has 4 aromatic rings. The molecule has 0 saturated heterocycles. The molecule has 8 nitrogen and oxygen atoms in total. The number of hydrogen-bond acceptors (Lipinski definition) is 6. The predicted octanol–water partition coefficient (Wildman–Crippen LogP) is 3.88. The minimum Gasteiger partial charge on any atom is -0.335 e. The summed E-state index contributed by atoms with van der Waals surface area (Å²) in [6, 6.07) is 13.0. The van der Waals surface area contributed by atoms with Crippen molar-refractivity contribution in [2.75, 3.05) is 16.9 Å². The Hall–Kier alpha value is -3.37. The Morgan fingerprint density at radius 1 is 1.23 bits per heavy atom. The Morgan fingerprint density at radius 3 is 2.77 bits per heavy atom. The van der Waals surface area contributed by atoms with E-state index in [4.69, 9.17) is 17.4 Å². The number of aryl methyl sites for hydroxylation is 1. The van der Waals surface area contributed by atoms with Crippen LogP contribution in [0.2, 0.25) is 5.02 Å². The van der Waals surface area contributed by atoms with Crippen molar-refractivity contribution in [2.45, 2.75) is 12.1 Å². The van der Waals surface area contributed by atoms with Crippen molar-refractivity contribution >= 4 is 35.0 Å². The van der Waals surface area contributed by atoms with E-state index in [-0.39, 0.29) is 17.5 Å². The van der Waals surface area contributed by atoms with Gasteiger partial charge >= 0.3 is 0 Å². The van der Waals surface area contributed by atoms with Gasteiger partial charge in [0.15, 0.2) is 0 Å². The molecule has 0 aliphatic carbocycles. The average molecular weight is 458 g/mol. The Morgan fingerprint density at radius 2 is 2.00 bits per heavy atom. The third-order valence-corrected chi connectivity index (χ3v) is 5.61. The third-order valence-electron chi connectivity index (χ3n) is 4.43. The first kappa shape index (κ1) is 20.9. The summed E-state index contributed by atoms with van der Waals surface area (Å²) in [7, 11) is 0. The van der Waals surface area contributed by atoms with Crippen molar-refractivity contribution < 1.29 is 9.18 Å². The zero-order valence-electron chi connectivity index (χ0n) is 16.3. The second-order valence-corrected chi connectivity index (χ2v) is 8.02. The molecule has 0 atom stereocenters. The van der Waals surface area contributed by atoms with Crippen molar-refractivity contribution in [1.29, 1.82) is 0 Å². The lowest BCUT2D eigenvalue weighted by atomic mass is 10.1. The number of hydrogen-bond donors (Lipinski definition) is 3. The molecule has 0 spiro atoms. The van der Waals surface area contributed by atoms with Gasteiger partial charge in [0.05, 0.1) is 11.4 Å². The maximum atomic E-state index is 13.1. The number of nitrogens with one attached hydrogen (secondary N) is 2. The van der Waals surface area contributed by atoms with Crippen LogP contribution in [0.25, 0.3) is 22.8 Å². The van der Waals surface area contributed by atoms with E-state index < -0.39 is 0 Å². The highest BCUT2D eigenvalue weighted by molar-refractivity contribution is 7.99. The number of halogens is 2. The topological polar surface area (TPSA) is 115 Å². The fraction of sp³-hybridized carbons (Fsp3) is 0.100. The van der Waals surface area contributed by atoms with Gasteiger partial charge in [-0.05, 0) is 55.0 Å². The molecular weight excluding hydrogens is 441 g/mol. The molecule has 0 aliphatic heterocycles. The van der Waals surface area contributed by atoms with Crippen molar-refractivity contribution in [3.05, 3.63) is 64.9 Å². The van der Waals surface area contributed by atoms with E-state index in [1.54, 1.807) is 30.3 Å². The number of rotatable bonds is 6. The Bertz CT molecular complexity index is 1240. The van der Waals surface area contributed by atoms with Crippen LogP contribution >= 0.6 is 23.4 Å². The SMILES string of the molecule is Cc1ccc(Cl)cc1NC(=O)CSc1nnc(-c2cc(-c3ccc(F)cc3)n[nH]2)n1N. The largest absolute Gasteiger partial charge is 0.335 e. The van der Waals surface area contributed by atoms with Crippen LogP contribution in [0.4, 0.5) is 10.1 Å². The number of nitrogens with zero attached hydrogens (tertiary/aromatic N) is 4. The van der Waals surface area contributed by atoms with Crippen LogP contribution in [-0.2, 0) is 4.79 Å². The van der Waals surface area contributed by atoms with Crippen molar-refractivity contribution in [3.63, 3.8) is 0 Å². The number of anilines is 1. The highest BCUT2D eigenvalue weighted by atomic mass is 35.5. The number of benzene rings is 2. The molecule has 2 aromatic carbocycles. The smallest absolute Gasteiger partial charge is 0.234 e. The average Bonchev–Trinajstić information content (AvgIpc) is 3.36. The maximum absolute atomic E-state index is 13.1.